The highest BCUT2D eigenvalue weighted by atomic mass is 16.5. The Morgan fingerprint density at radius 2 is 1.74 bits per heavy atom. The van der Waals surface area contributed by atoms with Crippen molar-refractivity contribution in [2.24, 2.45) is 0 Å². The van der Waals surface area contributed by atoms with Crippen LogP contribution in [-0.2, 0) is 35.6 Å². The van der Waals surface area contributed by atoms with Gasteiger partial charge < -0.3 is 19.7 Å². The fourth-order valence-electron chi connectivity index (χ4n) is 6.31. The second-order valence-corrected chi connectivity index (χ2v) is 11.3. The van der Waals surface area contributed by atoms with Gasteiger partial charge in [0.15, 0.2) is 0 Å². The monoisotopic (exact) mass is 582 g/mol. The first-order valence-electron chi connectivity index (χ1n) is 15.2. The molecule has 224 valence electrons. The number of carboxylic acid groups (broad SMARTS) is 2. The average molecular weight is 583 g/mol. The van der Waals surface area contributed by atoms with E-state index in [-0.39, 0.29) is 13.0 Å². The Kier molecular flexibility index (Phi) is 9.96. The van der Waals surface area contributed by atoms with Crippen LogP contribution in [0.4, 0.5) is 0 Å². The molecule has 1 heterocycles. The number of carboxylic acids is 2. The van der Waals surface area contributed by atoms with E-state index in [1.807, 2.05) is 59.5 Å². The van der Waals surface area contributed by atoms with Gasteiger partial charge in [0.05, 0.1) is 12.2 Å². The third-order valence-electron chi connectivity index (χ3n) is 8.47. The highest BCUT2D eigenvalue weighted by molar-refractivity contribution is 5.74. The second kappa shape index (κ2) is 14.2. The number of piperidine rings is 1. The molecule has 0 bridgehead atoms. The summed E-state index contributed by atoms with van der Waals surface area (Å²) in [5.74, 6) is -0.233. The molecule has 0 saturated carbocycles. The fraction of sp³-hybridized carbons (Fsp3) is 0.400. The van der Waals surface area contributed by atoms with E-state index in [4.69, 9.17) is 14.6 Å². The number of likely N-dealkylation sites (tertiary alicyclic amines) is 1. The summed E-state index contributed by atoms with van der Waals surface area (Å²) in [6, 6.07) is 19.4. The lowest BCUT2D eigenvalue weighted by Gasteiger charge is -2.34. The number of aliphatic carboxylic acids is 2. The van der Waals surface area contributed by atoms with Crippen LogP contribution in [0.5, 0.6) is 11.5 Å². The minimum Gasteiger partial charge on any atom is -0.493 e. The van der Waals surface area contributed by atoms with E-state index in [2.05, 4.69) is 6.07 Å². The highest BCUT2D eigenvalue weighted by Crippen LogP contribution is 2.41. The van der Waals surface area contributed by atoms with Crippen LogP contribution in [0.25, 0.3) is 11.1 Å². The normalized spacial score (nSPS) is 16.3. The van der Waals surface area contributed by atoms with Gasteiger partial charge in [-0.1, -0.05) is 55.0 Å². The van der Waals surface area contributed by atoms with E-state index in [1.165, 1.54) is 0 Å². The largest absolute Gasteiger partial charge is 0.493 e. The number of carbonyl (C=O) groups is 2. The Bertz CT molecular complexity index is 1500. The molecule has 8 heteroatoms. The number of benzene rings is 3. The molecule has 1 atom stereocenters. The van der Waals surface area contributed by atoms with Crippen molar-refractivity contribution in [1.29, 1.82) is 5.26 Å². The molecule has 1 aliphatic heterocycles. The van der Waals surface area contributed by atoms with E-state index < -0.39 is 18.0 Å². The summed E-state index contributed by atoms with van der Waals surface area (Å²) in [6.07, 6.45) is 6.38. The van der Waals surface area contributed by atoms with Crippen LogP contribution < -0.4 is 9.47 Å². The van der Waals surface area contributed by atoms with Gasteiger partial charge >= 0.3 is 11.9 Å². The van der Waals surface area contributed by atoms with E-state index in [9.17, 15) is 20.0 Å². The summed E-state index contributed by atoms with van der Waals surface area (Å²) in [4.78, 5) is 25.1. The predicted molar refractivity (Wildman–Crippen MR) is 162 cm³/mol. The van der Waals surface area contributed by atoms with Crippen molar-refractivity contribution < 1.29 is 29.3 Å². The molecule has 1 fully saturated rings. The molecule has 0 radical (unpaired) electrons. The Morgan fingerprint density at radius 1 is 0.930 bits per heavy atom. The van der Waals surface area contributed by atoms with Crippen LogP contribution in [0.15, 0.2) is 54.6 Å². The van der Waals surface area contributed by atoms with Gasteiger partial charge in [-0.2, -0.15) is 5.26 Å². The molecule has 2 N–H and O–H groups in total. The SMILES string of the molecule is N#Cc1c(COc2cc(OCCCCC(=O)O)c(CN3CCCCC3C(=O)O)c3c2CCC3)cccc1-c1ccccc1. The average Bonchev–Trinajstić information content (AvgIpc) is 3.51. The van der Waals surface area contributed by atoms with Crippen molar-refractivity contribution in [2.75, 3.05) is 13.2 Å². The zero-order valence-electron chi connectivity index (χ0n) is 24.4. The first-order valence-corrected chi connectivity index (χ1v) is 15.2. The lowest BCUT2D eigenvalue weighted by Crippen LogP contribution is -2.44. The summed E-state index contributed by atoms with van der Waals surface area (Å²) >= 11 is 0. The van der Waals surface area contributed by atoms with Gasteiger partial charge in [0.1, 0.15) is 30.2 Å². The van der Waals surface area contributed by atoms with Gasteiger partial charge in [0, 0.05) is 30.2 Å². The number of hydrogen-bond donors (Lipinski definition) is 2. The van der Waals surface area contributed by atoms with Crippen molar-refractivity contribution >= 4 is 11.9 Å². The van der Waals surface area contributed by atoms with E-state index in [0.29, 0.717) is 43.7 Å². The van der Waals surface area contributed by atoms with Crippen molar-refractivity contribution in [2.45, 2.75) is 77.0 Å². The number of fused-ring (bicyclic) bond motifs is 1. The maximum Gasteiger partial charge on any atom is 0.320 e. The van der Waals surface area contributed by atoms with Gasteiger partial charge in [-0.25, -0.2) is 0 Å². The van der Waals surface area contributed by atoms with Crippen LogP contribution in [0.3, 0.4) is 0 Å². The Hall–Kier alpha value is -4.35. The smallest absolute Gasteiger partial charge is 0.320 e. The Balaban J connectivity index is 1.44. The quantitative estimate of drug-likeness (QED) is 0.223. The zero-order valence-corrected chi connectivity index (χ0v) is 24.4. The molecule has 0 aromatic heterocycles. The van der Waals surface area contributed by atoms with Crippen LogP contribution in [-0.4, -0.2) is 46.2 Å². The minimum absolute atomic E-state index is 0.0894. The van der Waals surface area contributed by atoms with Crippen molar-refractivity contribution in [1.82, 2.24) is 4.90 Å². The van der Waals surface area contributed by atoms with E-state index in [0.717, 1.165) is 77.8 Å². The maximum absolute atomic E-state index is 12.0. The van der Waals surface area contributed by atoms with Crippen LogP contribution in [0, 0.1) is 11.3 Å². The van der Waals surface area contributed by atoms with Crippen molar-refractivity contribution in [3.63, 3.8) is 0 Å². The molecule has 3 aromatic carbocycles. The number of hydrogen-bond acceptors (Lipinski definition) is 6. The Morgan fingerprint density at radius 3 is 2.51 bits per heavy atom. The lowest BCUT2D eigenvalue weighted by atomic mass is 9.96. The number of unbranched alkanes of at least 4 members (excludes halogenated alkanes) is 1. The minimum atomic E-state index is -0.827. The van der Waals surface area contributed by atoms with Crippen molar-refractivity contribution in [3.8, 4) is 28.7 Å². The van der Waals surface area contributed by atoms with Gasteiger partial charge in [0.2, 0.25) is 0 Å². The van der Waals surface area contributed by atoms with Crippen LogP contribution >= 0.6 is 0 Å². The summed E-state index contributed by atoms with van der Waals surface area (Å²) < 4.78 is 12.8. The molecule has 0 spiro atoms. The number of nitriles is 1. The van der Waals surface area contributed by atoms with Crippen LogP contribution in [0.1, 0.15) is 72.8 Å². The summed E-state index contributed by atoms with van der Waals surface area (Å²) in [5.41, 5.74) is 6.51. The second-order valence-electron chi connectivity index (χ2n) is 11.3. The Labute approximate surface area is 252 Å². The molecular formula is C35H38N2O6. The number of rotatable bonds is 13. The summed E-state index contributed by atoms with van der Waals surface area (Å²) in [6.45, 7) is 1.79. The van der Waals surface area contributed by atoms with Gasteiger partial charge in [-0.05, 0) is 73.7 Å². The number of ether oxygens (including phenoxy) is 2. The summed E-state index contributed by atoms with van der Waals surface area (Å²) in [7, 11) is 0. The fourth-order valence-corrected chi connectivity index (χ4v) is 6.31. The van der Waals surface area contributed by atoms with Crippen LogP contribution in [0.2, 0.25) is 0 Å². The van der Waals surface area contributed by atoms with Gasteiger partial charge in [-0.3, -0.25) is 14.5 Å². The molecule has 5 rings (SSSR count). The van der Waals surface area contributed by atoms with E-state index >= 15 is 0 Å². The first kappa shape index (κ1) is 30.1. The molecule has 1 unspecified atom stereocenters. The van der Waals surface area contributed by atoms with E-state index in [1.54, 1.807) is 0 Å². The third-order valence-corrected chi connectivity index (χ3v) is 8.47. The topological polar surface area (TPSA) is 120 Å². The highest BCUT2D eigenvalue weighted by Gasteiger charge is 2.32. The van der Waals surface area contributed by atoms with Gasteiger partial charge in [-0.15, -0.1) is 0 Å². The molecule has 1 aliphatic carbocycles. The zero-order chi connectivity index (χ0) is 30.2. The summed E-state index contributed by atoms with van der Waals surface area (Å²) in [5, 5.41) is 29.0. The first-order chi connectivity index (χ1) is 21.0. The number of nitrogens with zero attached hydrogens (tertiary/aromatic N) is 2. The standard InChI is InChI=1S/C35H38N2O6/c36-21-29-25(12-8-13-26(29)24-10-2-1-3-11-24)23-43-32-20-33(42-19-7-5-17-34(38)39)30(27-14-9-15-28(27)32)22-37-18-6-4-16-31(37)35(40)41/h1-3,8,10-13,20,31H,4-7,9,14-19,22-23H2,(H,38,39)(H,40,41). The molecule has 3 aromatic rings. The molecule has 8 nitrogen and oxygen atoms in total. The van der Waals surface area contributed by atoms with Gasteiger partial charge in [0.25, 0.3) is 0 Å². The third kappa shape index (κ3) is 7.18. The predicted octanol–water partition coefficient (Wildman–Crippen LogP) is 6.37. The lowest BCUT2D eigenvalue weighted by molar-refractivity contribution is -0.145. The maximum atomic E-state index is 12.0. The molecule has 2 aliphatic rings. The molecule has 43 heavy (non-hydrogen) atoms. The molecular weight excluding hydrogens is 544 g/mol. The molecule has 0 amide bonds. The molecule has 1 saturated heterocycles. The van der Waals surface area contributed by atoms with Crippen molar-refractivity contribution in [3.05, 3.63) is 82.4 Å².